The number of halogens is 1. The number of hydrogen-bond donors (Lipinski definition) is 2. The largest absolute Gasteiger partial charge is 0.497 e. The summed E-state index contributed by atoms with van der Waals surface area (Å²) in [6.45, 7) is 0.352. The van der Waals surface area contributed by atoms with E-state index in [1.54, 1.807) is 32.4 Å². The third-order valence-electron chi connectivity index (χ3n) is 5.90. The Morgan fingerprint density at radius 1 is 0.972 bits per heavy atom. The van der Waals surface area contributed by atoms with E-state index in [-0.39, 0.29) is 5.91 Å². The fourth-order valence-electron chi connectivity index (χ4n) is 4.04. The Kier molecular flexibility index (Phi) is 6.56. The molecule has 0 spiro atoms. The van der Waals surface area contributed by atoms with E-state index in [1.165, 1.54) is 0 Å². The van der Waals surface area contributed by atoms with Crippen molar-refractivity contribution >= 4 is 28.5 Å². The number of para-hydroxylation sites is 1. The molecule has 5 rings (SSSR count). The minimum absolute atomic E-state index is 0.244. The van der Waals surface area contributed by atoms with Crippen LogP contribution >= 0.6 is 11.6 Å². The van der Waals surface area contributed by atoms with E-state index in [4.69, 9.17) is 26.1 Å². The second-order valence-corrected chi connectivity index (χ2v) is 8.53. The summed E-state index contributed by atoms with van der Waals surface area (Å²) >= 11 is 6.09. The molecule has 36 heavy (non-hydrogen) atoms. The number of methoxy groups -OCH3 is 2. The summed E-state index contributed by atoms with van der Waals surface area (Å²) in [4.78, 5) is 18.3. The van der Waals surface area contributed by atoms with Crippen molar-refractivity contribution in [2.45, 2.75) is 6.54 Å². The zero-order valence-corrected chi connectivity index (χ0v) is 20.5. The smallest absolute Gasteiger partial charge is 0.252 e. The van der Waals surface area contributed by atoms with Crippen molar-refractivity contribution < 1.29 is 14.3 Å². The van der Waals surface area contributed by atoms with Crippen molar-refractivity contribution in [3.63, 3.8) is 0 Å². The maximum atomic E-state index is 13.6. The number of fused-ring (bicyclic) bond motifs is 1. The number of ether oxygens (including phenoxy) is 2. The van der Waals surface area contributed by atoms with Gasteiger partial charge in [0.15, 0.2) is 5.65 Å². The monoisotopic (exact) mass is 498 g/mol. The second kappa shape index (κ2) is 10.1. The molecule has 2 aromatic heterocycles. The van der Waals surface area contributed by atoms with Gasteiger partial charge in [-0.2, -0.15) is 5.10 Å². The summed E-state index contributed by atoms with van der Waals surface area (Å²) in [5.74, 6) is 1.17. The standard InChI is InChI=1S/C28H23ClN4O3/c1-35-20-13-7-17(8-14-20)16-30-28(34)22-15-23(21-5-3-4-6-24(21)36-2)31-27-25(22)26(32-33-27)18-9-11-19(29)12-10-18/h3-15H,16H2,1-2H3,(H,30,34)(H,31,32,33). The molecule has 0 saturated heterocycles. The quantitative estimate of drug-likeness (QED) is 0.292. The highest BCUT2D eigenvalue weighted by Gasteiger charge is 2.21. The van der Waals surface area contributed by atoms with Crippen LogP contribution in [0.3, 0.4) is 0 Å². The third-order valence-corrected chi connectivity index (χ3v) is 6.15. The molecule has 1 amide bonds. The fraction of sp³-hybridized carbons (Fsp3) is 0.107. The molecule has 7 nitrogen and oxygen atoms in total. The van der Waals surface area contributed by atoms with Crippen LogP contribution in [0, 0.1) is 0 Å². The lowest BCUT2D eigenvalue weighted by Crippen LogP contribution is -2.23. The summed E-state index contributed by atoms with van der Waals surface area (Å²) in [6.07, 6.45) is 0. The van der Waals surface area contributed by atoms with E-state index < -0.39 is 0 Å². The van der Waals surface area contributed by atoms with Gasteiger partial charge in [0.05, 0.1) is 36.6 Å². The van der Waals surface area contributed by atoms with Gasteiger partial charge in [0.1, 0.15) is 11.5 Å². The Balaban J connectivity index is 1.59. The number of aromatic nitrogens is 3. The number of carbonyl (C=O) groups excluding carboxylic acids is 1. The molecule has 0 aliphatic heterocycles. The maximum absolute atomic E-state index is 13.6. The van der Waals surface area contributed by atoms with E-state index in [0.29, 0.717) is 45.3 Å². The highest BCUT2D eigenvalue weighted by Crippen LogP contribution is 2.34. The van der Waals surface area contributed by atoms with Gasteiger partial charge in [-0.15, -0.1) is 0 Å². The van der Waals surface area contributed by atoms with Gasteiger partial charge in [-0.1, -0.05) is 48.0 Å². The first-order chi connectivity index (χ1) is 17.6. The average Bonchev–Trinajstić information content (AvgIpc) is 3.36. The van der Waals surface area contributed by atoms with Crippen molar-refractivity contribution in [1.29, 1.82) is 0 Å². The minimum Gasteiger partial charge on any atom is -0.497 e. The van der Waals surface area contributed by atoms with Crippen LogP contribution in [0.25, 0.3) is 33.5 Å². The first kappa shape index (κ1) is 23.4. The number of amides is 1. The molecule has 5 aromatic rings. The Labute approximate surface area is 213 Å². The van der Waals surface area contributed by atoms with E-state index >= 15 is 0 Å². The van der Waals surface area contributed by atoms with Gasteiger partial charge in [0.25, 0.3) is 5.91 Å². The molecule has 8 heteroatoms. The van der Waals surface area contributed by atoms with Crippen LogP contribution in [0.1, 0.15) is 15.9 Å². The SMILES string of the molecule is COc1ccc(CNC(=O)c2cc(-c3ccccc3OC)nc3n[nH]c(-c4ccc(Cl)cc4)c23)cc1. The van der Waals surface area contributed by atoms with Crippen molar-refractivity contribution in [2.75, 3.05) is 14.2 Å². The van der Waals surface area contributed by atoms with Gasteiger partial charge < -0.3 is 14.8 Å². The lowest BCUT2D eigenvalue weighted by atomic mass is 10.0. The van der Waals surface area contributed by atoms with Gasteiger partial charge in [-0.3, -0.25) is 9.89 Å². The molecule has 3 aromatic carbocycles. The molecule has 2 N–H and O–H groups in total. The number of nitrogens with zero attached hydrogens (tertiary/aromatic N) is 2. The molecule has 0 fully saturated rings. The number of benzene rings is 3. The molecule has 180 valence electrons. The topological polar surface area (TPSA) is 89.1 Å². The van der Waals surface area contributed by atoms with Gasteiger partial charge >= 0.3 is 0 Å². The molecular formula is C28H23ClN4O3. The fourth-order valence-corrected chi connectivity index (χ4v) is 4.17. The van der Waals surface area contributed by atoms with Crippen molar-refractivity contribution in [3.8, 4) is 34.0 Å². The Morgan fingerprint density at radius 2 is 1.72 bits per heavy atom. The second-order valence-electron chi connectivity index (χ2n) is 8.09. The zero-order chi connectivity index (χ0) is 25.1. The lowest BCUT2D eigenvalue weighted by Gasteiger charge is -2.12. The number of hydrogen-bond acceptors (Lipinski definition) is 5. The number of carbonyl (C=O) groups is 1. The number of H-pyrrole nitrogens is 1. The van der Waals surface area contributed by atoms with Gasteiger partial charge in [-0.05, 0) is 48.0 Å². The van der Waals surface area contributed by atoms with Gasteiger partial charge in [0.2, 0.25) is 0 Å². The number of pyridine rings is 1. The van der Waals surface area contributed by atoms with Crippen LogP contribution in [0.5, 0.6) is 11.5 Å². The van der Waals surface area contributed by atoms with Crippen LogP contribution in [0.15, 0.2) is 78.9 Å². The van der Waals surface area contributed by atoms with E-state index in [2.05, 4.69) is 15.5 Å². The van der Waals surface area contributed by atoms with E-state index in [0.717, 1.165) is 22.4 Å². The van der Waals surface area contributed by atoms with Crippen LogP contribution in [0.4, 0.5) is 0 Å². The minimum atomic E-state index is -0.244. The number of aromatic amines is 1. The Bertz CT molecular complexity index is 1530. The molecule has 0 saturated carbocycles. The molecular weight excluding hydrogens is 476 g/mol. The molecule has 0 atom stereocenters. The zero-order valence-electron chi connectivity index (χ0n) is 19.7. The molecule has 0 bridgehead atoms. The number of rotatable bonds is 7. The highest BCUT2D eigenvalue weighted by atomic mass is 35.5. The van der Waals surface area contributed by atoms with Crippen LogP contribution in [-0.2, 0) is 6.54 Å². The molecule has 0 aliphatic rings. The Morgan fingerprint density at radius 3 is 2.44 bits per heavy atom. The number of nitrogens with one attached hydrogen (secondary N) is 2. The van der Waals surface area contributed by atoms with Gasteiger partial charge in [-0.25, -0.2) is 4.98 Å². The molecule has 0 aliphatic carbocycles. The summed E-state index contributed by atoms with van der Waals surface area (Å²) in [6, 6.07) is 24.2. The summed E-state index contributed by atoms with van der Waals surface area (Å²) in [5, 5.41) is 11.8. The highest BCUT2D eigenvalue weighted by molar-refractivity contribution is 6.30. The first-order valence-electron chi connectivity index (χ1n) is 11.3. The summed E-state index contributed by atoms with van der Waals surface area (Å²) in [5.41, 5.74) is 4.72. The molecule has 0 radical (unpaired) electrons. The van der Waals surface area contributed by atoms with Crippen molar-refractivity contribution in [3.05, 3.63) is 95.0 Å². The van der Waals surface area contributed by atoms with Crippen molar-refractivity contribution in [2.24, 2.45) is 0 Å². The van der Waals surface area contributed by atoms with Crippen LogP contribution < -0.4 is 14.8 Å². The summed E-state index contributed by atoms with van der Waals surface area (Å²) < 4.78 is 10.7. The lowest BCUT2D eigenvalue weighted by molar-refractivity contribution is 0.0952. The van der Waals surface area contributed by atoms with Crippen molar-refractivity contribution in [1.82, 2.24) is 20.5 Å². The normalized spacial score (nSPS) is 10.9. The third kappa shape index (κ3) is 4.61. The van der Waals surface area contributed by atoms with Gasteiger partial charge in [0, 0.05) is 22.7 Å². The predicted octanol–water partition coefficient (Wildman–Crippen LogP) is 5.89. The van der Waals surface area contributed by atoms with E-state index in [9.17, 15) is 4.79 Å². The Hall–Kier alpha value is -4.36. The summed E-state index contributed by atoms with van der Waals surface area (Å²) in [7, 11) is 3.22. The first-order valence-corrected chi connectivity index (χ1v) is 11.6. The molecule has 0 unspecified atom stereocenters. The molecule has 2 heterocycles. The average molecular weight is 499 g/mol. The maximum Gasteiger partial charge on any atom is 0.252 e. The van der Waals surface area contributed by atoms with Crippen LogP contribution in [-0.4, -0.2) is 35.3 Å². The predicted molar refractivity (Wildman–Crippen MR) is 140 cm³/mol. The van der Waals surface area contributed by atoms with Crippen LogP contribution in [0.2, 0.25) is 5.02 Å². The van der Waals surface area contributed by atoms with E-state index in [1.807, 2.05) is 60.7 Å².